The largest absolute Gasteiger partial charge is 0.454 e. The van der Waals surface area contributed by atoms with Crippen LogP contribution in [0.4, 0.5) is 37.7 Å². The molecule has 0 atom stereocenters. The molecule has 0 saturated heterocycles. The molecule has 0 radical (unpaired) electrons. The van der Waals surface area contributed by atoms with Gasteiger partial charge in [0.25, 0.3) is 0 Å². The van der Waals surface area contributed by atoms with E-state index < -0.39 is 25.6 Å². The number of thiocarbonyl (C=S) groups is 1. The van der Waals surface area contributed by atoms with Gasteiger partial charge >= 0.3 is 24.4 Å². The molecule has 0 spiro atoms. The predicted molar refractivity (Wildman–Crippen MR) is 86.3 cm³/mol. The van der Waals surface area contributed by atoms with E-state index in [1.54, 1.807) is 0 Å². The molecule has 0 fully saturated rings. The number of hydrogen-bond donors (Lipinski definition) is 1. The number of isothiocyanates is 1. The molecule has 0 aliphatic carbocycles. The van der Waals surface area contributed by atoms with Gasteiger partial charge in [0.2, 0.25) is 0 Å². The molecule has 15 heteroatoms. The first-order chi connectivity index (χ1) is 13.0. The molecule has 28 heavy (non-hydrogen) atoms. The highest BCUT2D eigenvalue weighted by Gasteiger charge is 2.29. The van der Waals surface area contributed by atoms with Crippen molar-refractivity contribution in [2.24, 2.45) is 4.99 Å². The molecule has 152 valence electrons. The first-order valence-corrected chi connectivity index (χ1v) is 7.26. The monoisotopic (exact) mass is 428 g/mol. The minimum Gasteiger partial charge on any atom is -0.454 e. The molecular weight excluding hydrogens is 418 g/mol. The molecule has 0 amide bonds. The second kappa shape index (κ2) is 10.3. The number of nitrogens with two attached hydrogens (primary N) is 1. The van der Waals surface area contributed by atoms with Crippen LogP contribution in [0.1, 0.15) is 0 Å². The molecule has 0 aromatic carbocycles. The average molecular weight is 428 g/mol. The molecule has 0 aliphatic heterocycles. The zero-order valence-electron chi connectivity index (χ0n) is 13.5. The Bertz CT molecular complexity index is 778. The van der Waals surface area contributed by atoms with E-state index in [4.69, 9.17) is 5.73 Å². The maximum atomic E-state index is 11.7. The second-order valence-electron chi connectivity index (χ2n) is 4.53. The smallest absolute Gasteiger partial charge is 0.422 e. The summed E-state index contributed by atoms with van der Waals surface area (Å²) in [4.78, 5) is 17.3. The molecule has 0 bridgehead atoms. The number of hydrogen-bond acceptors (Lipinski definition) is 9. The van der Waals surface area contributed by atoms with Crippen LogP contribution in [0.2, 0.25) is 0 Å². The normalized spacial score (nSPS) is 10.9. The lowest BCUT2D eigenvalue weighted by molar-refractivity contribution is -0.155. The molecule has 2 aromatic heterocycles. The van der Waals surface area contributed by atoms with Crippen LogP contribution in [0.25, 0.3) is 0 Å². The molecule has 2 rings (SSSR count). The van der Waals surface area contributed by atoms with Gasteiger partial charge < -0.3 is 15.2 Å². The summed E-state index contributed by atoms with van der Waals surface area (Å²) >= 11 is 4.31. The molecule has 8 nitrogen and oxygen atoms in total. The van der Waals surface area contributed by atoms with Gasteiger partial charge in [-0.15, -0.1) is 0 Å². The van der Waals surface area contributed by atoms with Gasteiger partial charge in [-0.2, -0.15) is 31.3 Å². The van der Waals surface area contributed by atoms with Gasteiger partial charge in [-0.05, 0) is 12.2 Å². The number of halogens is 6. The summed E-state index contributed by atoms with van der Waals surface area (Å²) in [6.07, 6.45) is -4.10. The second-order valence-corrected chi connectivity index (χ2v) is 4.72. The van der Waals surface area contributed by atoms with Crippen LogP contribution in [0.5, 0.6) is 12.0 Å². The highest BCUT2D eigenvalue weighted by Crippen LogP contribution is 2.17. The molecule has 0 aliphatic rings. The van der Waals surface area contributed by atoms with Crippen LogP contribution in [0.15, 0.2) is 29.8 Å². The van der Waals surface area contributed by atoms with Crippen molar-refractivity contribution >= 4 is 28.8 Å². The first kappa shape index (κ1) is 23.0. The van der Waals surface area contributed by atoms with Crippen molar-refractivity contribution in [3.05, 3.63) is 24.8 Å². The van der Waals surface area contributed by atoms with Crippen molar-refractivity contribution in [1.29, 1.82) is 0 Å². The van der Waals surface area contributed by atoms with Gasteiger partial charge in [0, 0.05) is 0 Å². The van der Waals surface area contributed by atoms with Crippen LogP contribution in [0, 0.1) is 0 Å². The third-order valence-corrected chi connectivity index (χ3v) is 2.26. The molecule has 0 saturated carbocycles. The fourth-order valence-electron chi connectivity index (χ4n) is 1.19. The molecule has 2 N–H and O–H groups in total. The summed E-state index contributed by atoms with van der Waals surface area (Å²) in [5.74, 6) is 0. The number of anilines is 1. The Balaban J connectivity index is 0.000000283. The third-order valence-electron chi connectivity index (χ3n) is 2.17. The van der Waals surface area contributed by atoms with Crippen LogP contribution >= 0.6 is 12.2 Å². The van der Waals surface area contributed by atoms with E-state index in [1.807, 2.05) is 0 Å². The van der Waals surface area contributed by atoms with Crippen molar-refractivity contribution in [3.63, 3.8) is 0 Å². The third kappa shape index (κ3) is 10.8. The Labute approximate surface area is 158 Å². The van der Waals surface area contributed by atoms with Crippen LogP contribution in [0.3, 0.4) is 0 Å². The van der Waals surface area contributed by atoms with E-state index >= 15 is 0 Å². The van der Waals surface area contributed by atoms with Gasteiger partial charge in [0.1, 0.15) is 5.69 Å². The number of nitrogen functional groups attached to an aromatic ring is 1. The lowest BCUT2D eigenvalue weighted by Crippen LogP contribution is -2.20. The molecule has 0 unspecified atom stereocenters. The van der Waals surface area contributed by atoms with E-state index in [0.717, 1.165) is 0 Å². The van der Waals surface area contributed by atoms with Crippen molar-refractivity contribution in [3.8, 4) is 12.0 Å². The summed E-state index contributed by atoms with van der Waals surface area (Å²) in [7, 11) is 0. The quantitative estimate of drug-likeness (QED) is 0.440. The zero-order chi connectivity index (χ0) is 21.2. The maximum absolute atomic E-state index is 11.7. The Morgan fingerprint density at radius 1 is 0.857 bits per heavy atom. The topological polar surface area (TPSA) is 108 Å². The van der Waals surface area contributed by atoms with Crippen molar-refractivity contribution in [1.82, 2.24) is 19.9 Å². The summed E-state index contributed by atoms with van der Waals surface area (Å²) in [5, 5.41) is 2.07. The van der Waals surface area contributed by atoms with E-state index in [1.165, 1.54) is 24.8 Å². The standard InChI is InChI=1S/C7H4F3N3OS.C6H6F3N3O/c8-7(9,10)3-14-6-11-1-5(2-12-6)13-4-15;7-6(8,9)3-13-5-11-1-4(10)2-12-5/h1-2H,3H2;1-2H,3,10H2. The lowest BCUT2D eigenvalue weighted by atomic mass is 10.6. The minimum atomic E-state index is -4.41. The number of rotatable bonds is 5. The Morgan fingerprint density at radius 2 is 1.25 bits per heavy atom. The number of nitrogens with zero attached hydrogens (tertiary/aromatic N) is 5. The summed E-state index contributed by atoms with van der Waals surface area (Å²) in [6.45, 7) is -2.83. The van der Waals surface area contributed by atoms with Crippen molar-refractivity contribution < 1.29 is 35.8 Å². The molecule has 2 aromatic rings. The fourth-order valence-corrected chi connectivity index (χ4v) is 1.29. The summed E-state index contributed by atoms with van der Waals surface area (Å²) in [6, 6.07) is -0.706. The SMILES string of the molecule is FC(F)(F)COc1ncc(N=C=S)cn1.Nc1cnc(OCC(F)(F)F)nc1. The number of aliphatic imine (C=N–C) groups is 1. The van der Waals surface area contributed by atoms with Gasteiger partial charge in [-0.25, -0.2) is 19.9 Å². The van der Waals surface area contributed by atoms with E-state index in [0.29, 0.717) is 5.69 Å². The maximum Gasteiger partial charge on any atom is 0.422 e. The summed E-state index contributed by atoms with van der Waals surface area (Å²) < 4.78 is 78.5. The lowest BCUT2D eigenvalue weighted by Gasteiger charge is -2.06. The van der Waals surface area contributed by atoms with Gasteiger partial charge in [0.15, 0.2) is 13.2 Å². The van der Waals surface area contributed by atoms with Crippen molar-refractivity contribution in [2.45, 2.75) is 12.4 Å². The fraction of sp³-hybridized carbons (Fsp3) is 0.308. The van der Waals surface area contributed by atoms with E-state index in [-0.39, 0.29) is 17.7 Å². The zero-order valence-corrected chi connectivity index (χ0v) is 14.3. The number of ether oxygens (including phenoxy) is 2. The van der Waals surface area contributed by atoms with Crippen molar-refractivity contribution in [2.75, 3.05) is 18.9 Å². The average Bonchev–Trinajstić information content (AvgIpc) is 2.60. The van der Waals surface area contributed by atoms with E-state index in [2.05, 4.69) is 51.8 Å². The number of alkyl halides is 6. The number of aromatic nitrogens is 4. The van der Waals surface area contributed by atoms with Gasteiger partial charge in [-0.1, -0.05) is 0 Å². The van der Waals surface area contributed by atoms with Crippen LogP contribution in [-0.4, -0.2) is 50.7 Å². The summed E-state index contributed by atoms with van der Waals surface area (Å²) in [5.41, 5.74) is 5.76. The Hall–Kier alpha value is -3.06. The van der Waals surface area contributed by atoms with Gasteiger partial charge in [-0.3, -0.25) is 0 Å². The Kier molecular flexibility index (Phi) is 8.47. The van der Waals surface area contributed by atoms with Gasteiger partial charge in [0.05, 0.1) is 35.6 Å². The first-order valence-electron chi connectivity index (χ1n) is 6.85. The highest BCUT2D eigenvalue weighted by molar-refractivity contribution is 7.78. The van der Waals surface area contributed by atoms with E-state index in [9.17, 15) is 26.3 Å². The highest BCUT2D eigenvalue weighted by atomic mass is 32.1. The van der Waals surface area contributed by atoms with Crippen LogP contribution in [-0.2, 0) is 0 Å². The molecule has 2 heterocycles. The Morgan fingerprint density at radius 3 is 1.61 bits per heavy atom. The minimum absolute atomic E-state index is 0.263. The molecular formula is C13H10F6N6O2S. The van der Waals surface area contributed by atoms with Crippen LogP contribution < -0.4 is 15.2 Å². The predicted octanol–water partition coefficient (Wildman–Crippen LogP) is 3.15.